The Morgan fingerprint density at radius 1 is 0.397 bits per heavy atom. The molecule has 4 atom stereocenters. The first-order valence-electron chi connectivity index (χ1n) is 23.5. The van der Waals surface area contributed by atoms with Crippen LogP contribution in [0, 0.1) is 50.3 Å². The number of carbonyl (C=O) groups excluding carboxylic acids is 6. The maximum Gasteiger partial charge on any atom is 0.253 e. The van der Waals surface area contributed by atoms with Crippen molar-refractivity contribution in [1.29, 1.82) is 0 Å². The zero-order valence-electron chi connectivity index (χ0n) is 39.1. The quantitative estimate of drug-likeness (QED) is 0.0902. The average molecular weight is 921 g/mol. The van der Waals surface area contributed by atoms with Gasteiger partial charge in [-0.1, -0.05) is 102 Å². The van der Waals surface area contributed by atoms with E-state index in [1.54, 1.807) is 36.4 Å². The van der Waals surface area contributed by atoms with Crippen molar-refractivity contribution in [2.75, 3.05) is 52.4 Å². The van der Waals surface area contributed by atoms with Gasteiger partial charge in [0.05, 0.1) is 23.7 Å². The number of hydrogen-bond donors (Lipinski definition) is 4. The number of rotatable bonds is 18. The molecule has 0 spiro atoms. The summed E-state index contributed by atoms with van der Waals surface area (Å²) in [7, 11) is 0. The number of carbonyl (C=O) groups is 6. The molecule has 7 rings (SSSR count). The third-order valence-electron chi connectivity index (χ3n) is 13.1. The van der Waals surface area contributed by atoms with Gasteiger partial charge in [0, 0.05) is 63.5 Å². The molecule has 354 valence electrons. The Hall–Kier alpha value is -7.15. The Labute approximate surface area is 398 Å². The van der Waals surface area contributed by atoms with Crippen LogP contribution in [0.25, 0.3) is 0 Å². The van der Waals surface area contributed by atoms with Gasteiger partial charge in [-0.3, -0.25) is 28.8 Å². The minimum atomic E-state index is -0.817. The maximum absolute atomic E-state index is 14.1. The molecule has 2 saturated heterocycles. The van der Waals surface area contributed by atoms with Gasteiger partial charge in [0.25, 0.3) is 11.8 Å². The summed E-state index contributed by atoms with van der Waals surface area (Å²) in [4.78, 5) is 85.9. The topological polar surface area (TPSA) is 157 Å². The molecule has 2 fully saturated rings. The smallest absolute Gasteiger partial charge is 0.253 e. The van der Waals surface area contributed by atoms with Crippen molar-refractivity contribution in [3.8, 4) is 0 Å². The van der Waals surface area contributed by atoms with E-state index in [1.807, 2.05) is 93.6 Å². The number of likely N-dealkylation sites (tertiary alicyclic amines) is 2. The fourth-order valence-electron chi connectivity index (χ4n) is 8.88. The first kappa shape index (κ1) is 48.8. The molecule has 5 aromatic rings. The molecule has 2 heterocycles. The lowest BCUT2D eigenvalue weighted by molar-refractivity contribution is -0.132. The highest BCUT2D eigenvalue weighted by Gasteiger charge is 2.45. The second-order valence-electron chi connectivity index (χ2n) is 18.2. The van der Waals surface area contributed by atoms with Crippen LogP contribution in [0.1, 0.15) is 59.7 Å². The molecule has 13 heteroatoms. The van der Waals surface area contributed by atoms with Crippen LogP contribution < -0.4 is 21.3 Å². The largest absolute Gasteiger partial charge is 0.355 e. The molecule has 2 aliphatic heterocycles. The van der Waals surface area contributed by atoms with Gasteiger partial charge in [0.15, 0.2) is 0 Å². The van der Waals surface area contributed by atoms with Crippen LogP contribution in [-0.4, -0.2) is 97.6 Å². The van der Waals surface area contributed by atoms with E-state index < -0.39 is 29.6 Å². The first-order chi connectivity index (χ1) is 32.8. The van der Waals surface area contributed by atoms with Crippen LogP contribution in [0.3, 0.4) is 0 Å². The number of hydrogen-bond acceptors (Lipinski definition) is 6. The van der Waals surface area contributed by atoms with E-state index in [9.17, 15) is 33.2 Å². The number of nitrogens with one attached hydrogen (secondary N) is 4. The van der Waals surface area contributed by atoms with Gasteiger partial charge < -0.3 is 31.1 Å². The minimum absolute atomic E-state index is 0.00860. The molecular formula is C55H61FN6O6. The molecule has 0 aromatic heterocycles. The second-order valence-corrected chi connectivity index (χ2v) is 18.2. The standard InChI is InChI=1S/C55H61FN6O6/c1-36-4-10-39(11-5-36)24-28-57-50(63)46-32-61(33-47(46)51(64)58-29-25-40-12-6-37(2)7-13-40)54(67)43-18-20-44(21-19-43)55(68)62-34-48(52(65)59-30-26-41-14-8-38(3)9-15-41)49(35-62)53(66)60-31-27-42-16-22-45(56)23-17-42/h4-23,46-49H,24-35H2,1-3H3,(H,57,63)(H,58,64)(H,59,65)(H,60,66)/t46-,47-,48-,49-/m0/s1. The monoisotopic (exact) mass is 920 g/mol. The summed E-state index contributed by atoms with van der Waals surface area (Å²) in [5.41, 5.74) is 8.03. The molecule has 0 saturated carbocycles. The number of amides is 6. The maximum atomic E-state index is 14.1. The van der Waals surface area contributed by atoms with Crippen molar-refractivity contribution in [2.45, 2.75) is 46.5 Å². The van der Waals surface area contributed by atoms with Crippen LogP contribution in [-0.2, 0) is 44.9 Å². The van der Waals surface area contributed by atoms with Gasteiger partial charge in [-0.2, -0.15) is 0 Å². The Balaban J connectivity index is 0.992. The highest BCUT2D eigenvalue weighted by molar-refractivity contribution is 6.00. The number of aryl methyl sites for hydroxylation is 3. The third-order valence-corrected chi connectivity index (χ3v) is 13.1. The summed E-state index contributed by atoms with van der Waals surface area (Å²) in [5.74, 6) is -5.56. The third kappa shape index (κ3) is 13.0. The van der Waals surface area contributed by atoms with Crippen molar-refractivity contribution >= 4 is 35.4 Å². The van der Waals surface area contributed by atoms with Gasteiger partial charge in [-0.15, -0.1) is 0 Å². The van der Waals surface area contributed by atoms with E-state index in [1.165, 1.54) is 21.9 Å². The van der Waals surface area contributed by atoms with E-state index in [0.29, 0.717) is 45.3 Å². The second kappa shape index (κ2) is 23.0. The number of benzene rings is 5. The zero-order chi connectivity index (χ0) is 48.2. The number of nitrogens with zero attached hydrogens (tertiary/aromatic N) is 2. The molecule has 2 aliphatic rings. The summed E-state index contributed by atoms with van der Waals surface area (Å²) in [5, 5.41) is 11.9. The number of halogens is 1. The van der Waals surface area contributed by atoms with E-state index in [0.717, 1.165) is 38.9 Å². The lowest BCUT2D eigenvalue weighted by Gasteiger charge is -2.18. The van der Waals surface area contributed by atoms with E-state index in [4.69, 9.17) is 0 Å². The zero-order valence-corrected chi connectivity index (χ0v) is 39.1. The van der Waals surface area contributed by atoms with Crippen molar-refractivity contribution in [3.05, 3.63) is 177 Å². The summed E-state index contributed by atoms with van der Waals surface area (Å²) in [6.45, 7) is 7.53. The van der Waals surface area contributed by atoms with Gasteiger partial charge in [-0.25, -0.2) is 4.39 Å². The van der Waals surface area contributed by atoms with Crippen molar-refractivity contribution in [3.63, 3.8) is 0 Å². The fourth-order valence-corrected chi connectivity index (χ4v) is 8.88. The molecule has 0 aliphatic carbocycles. The summed E-state index contributed by atoms with van der Waals surface area (Å²) >= 11 is 0. The van der Waals surface area contributed by atoms with E-state index >= 15 is 0 Å². The lowest BCUT2D eigenvalue weighted by atomic mass is 9.94. The molecule has 6 amide bonds. The lowest BCUT2D eigenvalue weighted by Crippen LogP contribution is -2.42. The van der Waals surface area contributed by atoms with Crippen molar-refractivity contribution in [1.82, 2.24) is 31.1 Å². The predicted octanol–water partition coefficient (Wildman–Crippen LogP) is 5.56. The normalized spacial score (nSPS) is 17.6. The van der Waals surface area contributed by atoms with Crippen LogP contribution in [0.15, 0.2) is 121 Å². The molecule has 4 N–H and O–H groups in total. The predicted molar refractivity (Wildman–Crippen MR) is 259 cm³/mol. The van der Waals surface area contributed by atoms with Gasteiger partial charge in [0.1, 0.15) is 5.82 Å². The highest BCUT2D eigenvalue weighted by Crippen LogP contribution is 2.28. The first-order valence-corrected chi connectivity index (χ1v) is 23.5. The van der Waals surface area contributed by atoms with Crippen molar-refractivity contribution in [2.24, 2.45) is 23.7 Å². The van der Waals surface area contributed by atoms with Crippen LogP contribution in [0.5, 0.6) is 0 Å². The van der Waals surface area contributed by atoms with Crippen LogP contribution >= 0.6 is 0 Å². The SMILES string of the molecule is Cc1ccc(CCNC(=O)[C@H]2CN(C(=O)c3ccc(C(=O)N4C[C@H](C(=O)NCCc5ccc(C)cc5)[C@@H](C(=O)NCCc5ccc(F)cc5)C4)cc3)C[C@@H]2C(=O)NCCc2ccc(C)cc2)cc1. The Bertz CT molecular complexity index is 2230. The Morgan fingerprint density at radius 3 is 0.882 bits per heavy atom. The highest BCUT2D eigenvalue weighted by atomic mass is 19.1. The molecule has 0 unspecified atom stereocenters. The summed E-state index contributed by atoms with van der Waals surface area (Å²) < 4.78 is 13.5. The van der Waals surface area contributed by atoms with Crippen molar-refractivity contribution < 1.29 is 33.2 Å². The fraction of sp³-hybridized carbons (Fsp3) is 0.345. The molecule has 0 radical (unpaired) electrons. The Morgan fingerprint density at radius 2 is 0.632 bits per heavy atom. The van der Waals surface area contributed by atoms with Gasteiger partial charge in [-0.05, 0) is 105 Å². The Kier molecular flexibility index (Phi) is 16.5. The summed E-state index contributed by atoms with van der Waals surface area (Å²) in [6, 6.07) is 36.4. The van der Waals surface area contributed by atoms with E-state index in [-0.39, 0.29) is 79.2 Å². The molecular weight excluding hydrogens is 860 g/mol. The minimum Gasteiger partial charge on any atom is -0.355 e. The molecule has 68 heavy (non-hydrogen) atoms. The van der Waals surface area contributed by atoms with Gasteiger partial charge >= 0.3 is 0 Å². The van der Waals surface area contributed by atoms with E-state index in [2.05, 4.69) is 21.3 Å². The molecule has 5 aromatic carbocycles. The molecule has 12 nitrogen and oxygen atoms in total. The summed E-state index contributed by atoms with van der Waals surface area (Å²) in [6.07, 6.45) is 2.30. The average Bonchev–Trinajstić information content (AvgIpc) is 4.01. The molecule has 0 bridgehead atoms. The van der Waals surface area contributed by atoms with Crippen LogP contribution in [0.2, 0.25) is 0 Å². The van der Waals surface area contributed by atoms with Gasteiger partial charge in [0.2, 0.25) is 23.6 Å². The van der Waals surface area contributed by atoms with Crippen LogP contribution in [0.4, 0.5) is 4.39 Å².